The first-order valence-electron chi connectivity index (χ1n) is 19.8. The fourth-order valence-corrected chi connectivity index (χ4v) is 9.52. The van der Waals surface area contributed by atoms with Crippen molar-refractivity contribution in [3.05, 3.63) is 128 Å². The van der Waals surface area contributed by atoms with E-state index in [1.165, 1.54) is 10.8 Å². The zero-order chi connectivity index (χ0) is 42.5. The Bertz CT molecular complexity index is 2100. The minimum atomic E-state index is -1.84. The highest BCUT2D eigenvalue weighted by molar-refractivity contribution is 7.44. The van der Waals surface area contributed by atoms with Gasteiger partial charge in [0.1, 0.15) is 41.5 Å². The molecule has 6 atom stereocenters. The van der Waals surface area contributed by atoms with E-state index in [4.69, 9.17) is 37.5 Å². The van der Waals surface area contributed by atoms with E-state index in [1.54, 1.807) is 21.1 Å². The van der Waals surface area contributed by atoms with Gasteiger partial charge in [0.05, 0.1) is 39.9 Å². The molecule has 1 N–H and O–H groups in total. The molecule has 2 aliphatic rings. The standard InChI is InChI=1S/C44H55N4O10P/c1-28(2)48(29(3)4)59(54-25-13-24-45)58-39-38-37(56-43(6,7)57-38)36(55-41(39)47-26-30(5)40(49)46-42(47)50)27-53-44(31-14-11-10-12-15-31,32-16-20-34(51-8)21-17-32)33-18-22-35(52-9)23-19-33/h10-12,14-23,26,28-29,36-39,41H,13,25,27H2,1-9H3,(H,46,49,50)/t36-,37+,38+,39-,41-,59?/m1/s1. The average molecular weight is 831 g/mol. The number of fused-ring (bicyclic) bond motifs is 1. The smallest absolute Gasteiger partial charge is 0.330 e. The molecule has 2 fully saturated rings. The number of nitrogens with one attached hydrogen (secondary N) is 1. The number of rotatable bonds is 17. The van der Waals surface area contributed by atoms with Crippen LogP contribution in [0.3, 0.4) is 0 Å². The molecule has 6 rings (SSSR count). The first kappa shape index (κ1) is 44.1. The summed E-state index contributed by atoms with van der Waals surface area (Å²) in [6, 6.07) is 27.4. The van der Waals surface area contributed by atoms with Crippen molar-refractivity contribution in [2.24, 2.45) is 0 Å². The molecule has 14 nitrogen and oxygen atoms in total. The lowest BCUT2D eigenvalue weighted by Crippen LogP contribution is -2.58. The van der Waals surface area contributed by atoms with Crippen molar-refractivity contribution in [3.63, 3.8) is 0 Å². The Balaban J connectivity index is 1.48. The molecular weight excluding hydrogens is 775 g/mol. The molecular formula is C44H55N4O10P. The van der Waals surface area contributed by atoms with Crippen molar-refractivity contribution in [2.75, 3.05) is 27.4 Å². The second kappa shape index (κ2) is 18.9. The summed E-state index contributed by atoms with van der Waals surface area (Å²) in [5.74, 6) is 0.272. The number of aromatic amines is 1. The van der Waals surface area contributed by atoms with E-state index in [9.17, 15) is 14.9 Å². The van der Waals surface area contributed by atoms with E-state index >= 15 is 0 Å². The predicted octanol–water partition coefficient (Wildman–Crippen LogP) is 6.95. The Kier molecular flexibility index (Phi) is 14.1. The molecule has 316 valence electrons. The van der Waals surface area contributed by atoms with E-state index in [1.807, 2.05) is 120 Å². The first-order chi connectivity index (χ1) is 28.2. The lowest BCUT2D eigenvalue weighted by Gasteiger charge is -2.46. The van der Waals surface area contributed by atoms with Crippen LogP contribution in [-0.2, 0) is 33.6 Å². The molecule has 1 unspecified atom stereocenters. The van der Waals surface area contributed by atoms with Crippen LogP contribution in [0.5, 0.6) is 11.5 Å². The van der Waals surface area contributed by atoms with Gasteiger partial charge in [-0.3, -0.25) is 14.3 Å². The van der Waals surface area contributed by atoms with Crippen LogP contribution in [0.1, 0.15) is 76.4 Å². The summed E-state index contributed by atoms with van der Waals surface area (Å²) in [7, 11) is 1.40. The SMILES string of the molecule is COc1ccc(C(OC[C@H]2O[C@@H](n3cc(C)c(=O)[nH]c3=O)[C@H](OP(OCCC#N)N(C(C)C)C(C)C)[C@H]3OC(C)(C)O[C@H]32)(c2ccccc2)c2ccc(OC)cc2)cc1. The molecule has 2 saturated heterocycles. The Morgan fingerprint density at radius 1 is 0.881 bits per heavy atom. The van der Waals surface area contributed by atoms with Crippen LogP contribution in [0.15, 0.2) is 94.6 Å². The Morgan fingerprint density at radius 2 is 1.44 bits per heavy atom. The Morgan fingerprint density at radius 3 is 1.98 bits per heavy atom. The summed E-state index contributed by atoms with van der Waals surface area (Å²) in [6.45, 7) is 13.5. The van der Waals surface area contributed by atoms with E-state index in [0.717, 1.165) is 16.7 Å². The van der Waals surface area contributed by atoms with E-state index in [2.05, 4.69) is 15.7 Å². The Hall–Kier alpha value is -4.42. The molecule has 0 radical (unpaired) electrons. The lowest BCUT2D eigenvalue weighted by atomic mass is 9.80. The monoisotopic (exact) mass is 830 g/mol. The van der Waals surface area contributed by atoms with Gasteiger partial charge in [0, 0.05) is 23.8 Å². The van der Waals surface area contributed by atoms with Gasteiger partial charge in [-0.15, -0.1) is 0 Å². The molecule has 0 saturated carbocycles. The van der Waals surface area contributed by atoms with Crippen LogP contribution >= 0.6 is 8.53 Å². The van der Waals surface area contributed by atoms with Gasteiger partial charge in [0.15, 0.2) is 12.0 Å². The van der Waals surface area contributed by atoms with Gasteiger partial charge in [-0.25, -0.2) is 9.46 Å². The minimum Gasteiger partial charge on any atom is -0.497 e. The van der Waals surface area contributed by atoms with E-state index < -0.39 is 61.8 Å². The molecule has 0 bridgehead atoms. The van der Waals surface area contributed by atoms with Crippen LogP contribution in [0, 0.1) is 18.3 Å². The number of hydrogen-bond donors (Lipinski definition) is 1. The fraction of sp³-hybridized carbons (Fsp3) is 0.477. The third-order valence-electron chi connectivity index (χ3n) is 10.4. The Labute approximate surface area is 346 Å². The minimum absolute atomic E-state index is 0.0136. The first-order valence-corrected chi connectivity index (χ1v) is 20.9. The zero-order valence-corrected chi connectivity index (χ0v) is 36.0. The second-order valence-corrected chi connectivity index (χ2v) is 16.9. The van der Waals surface area contributed by atoms with Gasteiger partial charge in [-0.1, -0.05) is 54.6 Å². The summed E-state index contributed by atoms with van der Waals surface area (Å²) in [6.07, 6.45) is -2.93. The number of aromatic nitrogens is 2. The van der Waals surface area contributed by atoms with Crippen LogP contribution in [0.2, 0.25) is 0 Å². The van der Waals surface area contributed by atoms with Gasteiger partial charge in [-0.2, -0.15) is 5.26 Å². The van der Waals surface area contributed by atoms with Crippen LogP contribution in [-0.4, -0.2) is 83.9 Å². The molecule has 15 heteroatoms. The van der Waals surface area contributed by atoms with Crippen molar-refractivity contribution in [1.82, 2.24) is 14.2 Å². The van der Waals surface area contributed by atoms with Gasteiger partial charge >= 0.3 is 5.69 Å². The average Bonchev–Trinajstić information content (AvgIpc) is 3.55. The van der Waals surface area contributed by atoms with Gasteiger partial charge in [0.25, 0.3) is 14.1 Å². The predicted molar refractivity (Wildman–Crippen MR) is 222 cm³/mol. The molecule has 2 aliphatic heterocycles. The van der Waals surface area contributed by atoms with Crippen molar-refractivity contribution in [3.8, 4) is 17.6 Å². The zero-order valence-electron chi connectivity index (χ0n) is 35.1. The highest BCUT2D eigenvalue weighted by atomic mass is 31.2. The molecule has 1 aromatic heterocycles. The number of H-pyrrole nitrogens is 1. The number of hydrogen-bond acceptors (Lipinski definition) is 12. The fourth-order valence-electron chi connectivity index (χ4n) is 7.78. The maximum absolute atomic E-state index is 13.8. The number of benzene rings is 3. The molecule has 3 aromatic carbocycles. The number of methoxy groups -OCH3 is 2. The van der Waals surface area contributed by atoms with Gasteiger partial charge in [-0.05, 0) is 89.4 Å². The number of nitriles is 1. The van der Waals surface area contributed by atoms with Crippen molar-refractivity contribution in [2.45, 2.75) is 109 Å². The molecule has 3 heterocycles. The highest BCUT2D eigenvalue weighted by Gasteiger charge is 2.58. The van der Waals surface area contributed by atoms with Crippen LogP contribution in [0.25, 0.3) is 0 Å². The van der Waals surface area contributed by atoms with E-state index in [0.29, 0.717) is 17.1 Å². The van der Waals surface area contributed by atoms with Crippen molar-refractivity contribution < 1.29 is 37.5 Å². The maximum Gasteiger partial charge on any atom is 0.330 e. The van der Waals surface area contributed by atoms with Crippen LogP contribution in [0.4, 0.5) is 0 Å². The topological polar surface area (TPSA) is 156 Å². The summed E-state index contributed by atoms with van der Waals surface area (Å²) < 4.78 is 55.5. The third-order valence-corrected chi connectivity index (χ3v) is 12.5. The van der Waals surface area contributed by atoms with Crippen molar-refractivity contribution >= 4 is 8.53 Å². The normalized spacial score (nSPS) is 22.0. The number of aryl methyl sites for hydroxylation is 1. The summed E-state index contributed by atoms with van der Waals surface area (Å²) >= 11 is 0. The lowest BCUT2D eigenvalue weighted by molar-refractivity contribution is -0.228. The molecule has 0 amide bonds. The quantitative estimate of drug-likeness (QED) is 0.0665. The molecule has 59 heavy (non-hydrogen) atoms. The van der Waals surface area contributed by atoms with E-state index in [-0.39, 0.29) is 31.7 Å². The third kappa shape index (κ3) is 9.49. The molecule has 0 spiro atoms. The van der Waals surface area contributed by atoms with Crippen LogP contribution < -0.4 is 20.7 Å². The van der Waals surface area contributed by atoms with Gasteiger partial charge in [0.2, 0.25) is 0 Å². The van der Waals surface area contributed by atoms with Gasteiger partial charge < -0.3 is 37.5 Å². The summed E-state index contributed by atoms with van der Waals surface area (Å²) in [5.41, 5.74) is 0.381. The summed E-state index contributed by atoms with van der Waals surface area (Å²) in [5, 5.41) is 9.39. The highest BCUT2D eigenvalue weighted by Crippen LogP contribution is 2.53. The second-order valence-electron chi connectivity index (χ2n) is 15.5. The molecule has 0 aliphatic carbocycles. The van der Waals surface area contributed by atoms with Crippen molar-refractivity contribution in [1.29, 1.82) is 5.26 Å². The number of nitrogens with zero attached hydrogens (tertiary/aromatic N) is 3. The maximum atomic E-state index is 13.8. The molecule has 4 aromatic rings. The summed E-state index contributed by atoms with van der Waals surface area (Å²) in [4.78, 5) is 28.9. The largest absolute Gasteiger partial charge is 0.497 e. The number of ether oxygens (including phenoxy) is 6.